The Morgan fingerprint density at radius 2 is 1.70 bits per heavy atom. The molecule has 0 aromatic carbocycles. The number of ketones is 1. The molecular weight excluding hydrogens is 258 g/mol. The highest BCUT2D eigenvalue weighted by Gasteiger charge is 2.45. The standard InChI is InChI=1S/C15H25NO4/c1-10(17)9-19-13-7-11-5-6-12(8-13)16(11)14(18)20-15(2,3)4/h11-13H,5-9H2,1-4H3/t11-,12+,13?. The zero-order chi connectivity index (χ0) is 14.9. The number of hydrogen-bond acceptors (Lipinski definition) is 4. The number of carbonyl (C=O) groups is 2. The molecule has 5 nitrogen and oxygen atoms in total. The van der Waals surface area contributed by atoms with E-state index in [-0.39, 0.29) is 36.7 Å². The van der Waals surface area contributed by atoms with Gasteiger partial charge in [-0.25, -0.2) is 4.79 Å². The van der Waals surface area contributed by atoms with Crippen molar-refractivity contribution in [3.8, 4) is 0 Å². The third-order valence-electron chi connectivity index (χ3n) is 3.82. The molecule has 20 heavy (non-hydrogen) atoms. The number of nitrogens with zero attached hydrogens (tertiary/aromatic N) is 1. The van der Waals surface area contributed by atoms with E-state index >= 15 is 0 Å². The van der Waals surface area contributed by atoms with Crippen molar-refractivity contribution in [2.75, 3.05) is 6.61 Å². The van der Waals surface area contributed by atoms with Crippen molar-refractivity contribution < 1.29 is 19.1 Å². The molecule has 0 radical (unpaired) electrons. The van der Waals surface area contributed by atoms with Crippen molar-refractivity contribution in [1.82, 2.24) is 4.90 Å². The number of fused-ring (bicyclic) bond motifs is 2. The molecule has 2 fully saturated rings. The molecule has 1 unspecified atom stereocenters. The molecule has 0 aromatic rings. The van der Waals surface area contributed by atoms with Gasteiger partial charge in [-0.3, -0.25) is 4.79 Å². The van der Waals surface area contributed by atoms with Crippen LogP contribution in [0.15, 0.2) is 0 Å². The van der Waals surface area contributed by atoms with E-state index in [1.165, 1.54) is 6.92 Å². The van der Waals surface area contributed by atoms with Crippen molar-refractivity contribution in [3.05, 3.63) is 0 Å². The molecule has 2 aliphatic rings. The highest BCUT2D eigenvalue weighted by atomic mass is 16.6. The predicted octanol–water partition coefficient (Wildman–Crippen LogP) is 2.52. The van der Waals surface area contributed by atoms with Crippen molar-refractivity contribution >= 4 is 11.9 Å². The third kappa shape index (κ3) is 3.72. The first-order chi connectivity index (χ1) is 9.26. The molecule has 5 heteroatoms. The van der Waals surface area contributed by atoms with Crippen LogP contribution in [-0.4, -0.2) is 47.2 Å². The van der Waals surface area contributed by atoms with Crippen molar-refractivity contribution in [3.63, 3.8) is 0 Å². The van der Waals surface area contributed by atoms with Gasteiger partial charge in [0.05, 0.1) is 6.10 Å². The molecule has 0 aromatic heterocycles. The second-order valence-corrected chi connectivity index (χ2v) is 6.88. The number of amides is 1. The Morgan fingerprint density at radius 3 is 2.15 bits per heavy atom. The summed E-state index contributed by atoms with van der Waals surface area (Å²) in [6.07, 6.45) is 3.50. The average Bonchev–Trinajstić information content (AvgIpc) is 2.56. The van der Waals surface area contributed by atoms with Crippen LogP contribution in [-0.2, 0) is 14.3 Å². The first-order valence-electron chi connectivity index (χ1n) is 7.38. The second kappa shape index (κ2) is 5.72. The van der Waals surface area contributed by atoms with Crippen LogP contribution >= 0.6 is 0 Å². The maximum absolute atomic E-state index is 12.3. The maximum Gasteiger partial charge on any atom is 0.410 e. The van der Waals surface area contributed by atoms with Gasteiger partial charge in [0.15, 0.2) is 5.78 Å². The summed E-state index contributed by atoms with van der Waals surface area (Å²) in [6.45, 7) is 7.36. The molecule has 2 heterocycles. The van der Waals surface area contributed by atoms with E-state index in [9.17, 15) is 9.59 Å². The molecule has 0 spiro atoms. The number of piperidine rings is 1. The fourth-order valence-electron chi connectivity index (χ4n) is 3.11. The Balaban J connectivity index is 1.93. The summed E-state index contributed by atoms with van der Waals surface area (Å²) in [6, 6.07) is 0.390. The van der Waals surface area contributed by atoms with Gasteiger partial charge in [0.1, 0.15) is 12.2 Å². The van der Waals surface area contributed by atoms with Gasteiger partial charge in [-0.2, -0.15) is 0 Å². The number of ether oxygens (including phenoxy) is 2. The minimum atomic E-state index is -0.460. The summed E-state index contributed by atoms with van der Waals surface area (Å²) in [5.41, 5.74) is -0.460. The topological polar surface area (TPSA) is 55.8 Å². The molecule has 2 saturated heterocycles. The van der Waals surface area contributed by atoms with Crippen molar-refractivity contribution in [1.29, 1.82) is 0 Å². The van der Waals surface area contributed by atoms with Gasteiger partial charge in [0.25, 0.3) is 0 Å². The summed E-state index contributed by atoms with van der Waals surface area (Å²) in [5.74, 6) is 0.0481. The molecule has 114 valence electrons. The zero-order valence-corrected chi connectivity index (χ0v) is 12.8. The molecule has 0 saturated carbocycles. The fourth-order valence-corrected chi connectivity index (χ4v) is 3.11. The summed E-state index contributed by atoms with van der Waals surface area (Å²) in [5, 5.41) is 0. The van der Waals surface area contributed by atoms with Crippen LogP contribution < -0.4 is 0 Å². The van der Waals surface area contributed by atoms with Crippen LogP contribution in [0.3, 0.4) is 0 Å². The van der Waals surface area contributed by atoms with E-state index in [0.717, 1.165) is 25.7 Å². The zero-order valence-electron chi connectivity index (χ0n) is 12.8. The van der Waals surface area contributed by atoms with Gasteiger partial charge in [-0.15, -0.1) is 0 Å². The maximum atomic E-state index is 12.3. The Hall–Kier alpha value is -1.10. The van der Waals surface area contributed by atoms with Gasteiger partial charge in [0, 0.05) is 12.1 Å². The monoisotopic (exact) mass is 283 g/mol. The molecule has 2 rings (SSSR count). The van der Waals surface area contributed by atoms with Crippen molar-refractivity contribution in [2.24, 2.45) is 0 Å². The Morgan fingerprint density at radius 1 is 1.15 bits per heavy atom. The van der Waals surface area contributed by atoms with Gasteiger partial charge < -0.3 is 14.4 Å². The van der Waals surface area contributed by atoms with Crippen LogP contribution in [0.2, 0.25) is 0 Å². The van der Waals surface area contributed by atoms with Gasteiger partial charge >= 0.3 is 6.09 Å². The lowest BCUT2D eigenvalue weighted by Crippen LogP contribution is -2.50. The largest absolute Gasteiger partial charge is 0.444 e. The SMILES string of the molecule is CC(=O)COC1C[C@H]2CC[C@@H](C1)N2C(=O)OC(C)(C)C. The van der Waals surface area contributed by atoms with E-state index in [4.69, 9.17) is 9.47 Å². The lowest BCUT2D eigenvalue weighted by molar-refractivity contribution is -0.125. The average molecular weight is 283 g/mol. The summed E-state index contributed by atoms with van der Waals surface area (Å²) < 4.78 is 11.1. The highest BCUT2D eigenvalue weighted by molar-refractivity contribution is 5.76. The normalized spacial score (nSPS) is 29.4. The molecule has 0 N–H and O–H groups in total. The third-order valence-corrected chi connectivity index (χ3v) is 3.82. The fraction of sp³-hybridized carbons (Fsp3) is 0.867. The molecule has 0 aliphatic carbocycles. The number of Topliss-reactive ketones (excluding diaryl/α,β-unsaturated/α-hetero) is 1. The van der Waals surface area contributed by atoms with E-state index in [1.54, 1.807) is 0 Å². The van der Waals surface area contributed by atoms with Crippen LogP contribution in [0.25, 0.3) is 0 Å². The minimum Gasteiger partial charge on any atom is -0.444 e. The van der Waals surface area contributed by atoms with Gasteiger partial charge in [-0.05, 0) is 53.4 Å². The van der Waals surface area contributed by atoms with Crippen molar-refractivity contribution in [2.45, 2.75) is 77.2 Å². The minimum absolute atomic E-state index is 0.0481. The van der Waals surface area contributed by atoms with Gasteiger partial charge in [0.2, 0.25) is 0 Å². The van der Waals surface area contributed by atoms with E-state index in [2.05, 4.69) is 0 Å². The smallest absolute Gasteiger partial charge is 0.410 e. The predicted molar refractivity (Wildman–Crippen MR) is 74.5 cm³/mol. The van der Waals surface area contributed by atoms with Crippen LogP contribution in [0.4, 0.5) is 4.79 Å². The van der Waals surface area contributed by atoms with Crippen LogP contribution in [0.1, 0.15) is 53.4 Å². The van der Waals surface area contributed by atoms with Crippen LogP contribution in [0, 0.1) is 0 Å². The summed E-state index contributed by atoms with van der Waals surface area (Å²) in [4.78, 5) is 25.1. The number of carbonyl (C=O) groups excluding carboxylic acids is 2. The molecule has 3 atom stereocenters. The molecule has 2 aliphatic heterocycles. The Bertz CT molecular complexity index is 374. The van der Waals surface area contributed by atoms with E-state index in [1.807, 2.05) is 25.7 Å². The van der Waals surface area contributed by atoms with E-state index < -0.39 is 5.60 Å². The number of rotatable bonds is 3. The first kappa shape index (κ1) is 15.3. The Labute approximate surface area is 120 Å². The quantitative estimate of drug-likeness (QED) is 0.798. The molecular formula is C15H25NO4. The first-order valence-corrected chi connectivity index (χ1v) is 7.38. The molecule has 1 amide bonds. The summed E-state index contributed by atoms with van der Waals surface area (Å²) in [7, 11) is 0. The second-order valence-electron chi connectivity index (χ2n) is 6.88. The van der Waals surface area contributed by atoms with Crippen LogP contribution in [0.5, 0.6) is 0 Å². The van der Waals surface area contributed by atoms with E-state index in [0.29, 0.717) is 0 Å². The number of hydrogen-bond donors (Lipinski definition) is 0. The van der Waals surface area contributed by atoms with Gasteiger partial charge in [-0.1, -0.05) is 0 Å². The Kier molecular flexibility index (Phi) is 4.37. The lowest BCUT2D eigenvalue weighted by Gasteiger charge is -2.39. The highest BCUT2D eigenvalue weighted by Crippen LogP contribution is 2.37. The summed E-state index contributed by atoms with van der Waals surface area (Å²) >= 11 is 0. The molecule has 2 bridgehead atoms. The lowest BCUT2D eigenvalue weighted by atomic mass is 10.0.